The molecule has 1 amide bonds. The smallest absolute Gasteiger partial charge is 0.230 e. The Balaban J connectivity index is 0.000000775. The maximum atomic E-state index is 13.2. The molecule has 166 valence electrons. The zero-order valence-electron chi connectivity index (χ0n) is 18.1. The molecule has 0 bridgehead atoms. The molecule has 2 atom stereocenters. The number of anilines is 1. The van der Waals surface area contributed by atoms with Gasteiger partial charge in [0.1, 0.15) is 5.82 Å². The van der Waals surface area contributed by atoms with Gasteiger partial charge in [-0.3, -0.25) is 14.6 Å². The summed E-state index contributed by atoms with van der Waals surface area (Å²) in [5, 5.41) is 14.7. The molecule has 32 heavy (non-hydrogen) atoms. The Bertz CT molecular complexity index is 1240. The van der Waals surface area contributed by atoms with Gasteiger partial charge < -0.3 is 4.90 Å². The molecule has 1 aliphatic heterocycles. The number of hydrogen-bond donors (Lipinski definition) is 1. The molecule has 1 fully saturated rings. The number of nitrogens with zero attached hydrogens (tertiary/aromatic N) is 5. The molecule has 4 aromatic rings. The average molecular weight is 453 g/mol. The quantitative estimate of drug-likeness (QED) is 0.470. The first-order chi connectivity index (χ1) is 15.4. The fourth-order valence-electron chi connectivity index (χ4n) is 4.06. The van der Waals surface area contributed by atoms with Crippen molar-refractivity contribution in [1.29, 1.82) is 0 Å². The van der Waals surface area contributed by atoms with E-state index in [0.717, 1.165) is 34.4 Å². The molecule has 1 saturated heterocycles. The number of halogens is 1. The summed E-state index contributed by atoms with van der Waals surface area (Å²) in [5.41, 5.74) is 3.41. The summed E-state index contributed by atoms with van der Waals surface area (Å²) in [6, 6.07) is 14.0. The molecule has 1 aliphatic rings. The Morgan fingerprint density at radius 1 is 1.12 bits per heavy atom. The van der Waals surface area contributed by atoms with Crippen molar-refractivity contribution in [2.24, 2.45) is 18.1 Å². The number of nitrogens with two attached hydrogens (primary N) is 1. The Morgan fingerprint density at radius 3 is 2.47 bits per heavy atom. The van der Waals surface area contributed by atoms with Gasteiger partial charge in [-0.05, 0) is 61.2 Å². The maximum absolute atomic E-state index is 13.2. The number of hydrogen-bond acceptors (Lipinski definition) is 5. The lowest BCUT2D eigenvalue weighted by Crippen LogP contribution is -2.29. The molecule has 2 aromatic carbocycles. The molecule has 2 aromatic heterocycles. The Hall–Kier alpha value is -3.17. The van der Waals surface area contributed by atoms with Crippen LogP contribution in [0, 0.1) is 11.7 Å². The zero-order valence-corrected chi connectivity index (χ0v) is 19.0. The van der Waals surface area contributed by atoms with Crippen LogP contribution in [-0.2, 0) is 11.8 Å². The molecule has 0 unspecified atom stereocenters. The van der Waals surface area contributed by atoms with Crippen molar-refractivity contribution < 1.29 is 9.18 Å². The SMILES string of the molecule is CSN.C[C@H]1C[C@@H](c2ccn(C)n2)N(c2ccc3c(cnn3-c3ccc(F)cc3)c2)C1=O. The van der Waals surface area contributed by atoms with Crippen LogP contribution in [0.2, 0.25) is 0 Å². The van der Waals surface area contributed by atoms with Crippen LogP contribution in [0.3, 0.4) is 0 Å². The summed E-state index contributed by atoms with van der Waals surface area (Å²) in [6.45, 7) is 1.96. The summed E-state index contributed by atoms with van der Waals surface area (Å²) >= 11 is 1.25. The predicted octanol–water partition coefficient (Wildman–Crippen LogP) is 4.24. The third kappa shape index (κ3) is 4.13. The number of fused-ring (bicyclic) bond motifs is 1. The van der Waals surface area contributed by atoms with Gasteiger partial charge in [0.25, 0.3) is 0 Å². The highest BCUT2D eigenvalue weighted by molar-refractivity contribution is 7.96. The lowest BCUT2D eigenvalue weighted by molar-refractivity contribution is -0.120. The highest BCUT2D eigenvalue weighted by atomic mass is 32.2. The van der Waals surface area contributed by atoms with Crippen LogP contribution in [0.1, 0.15) is 25.1 Å². The molecular weight excluding hydrogens is 427 g/mol. The summed E-state index contributed by atoms with van der Waals surface area (Å²) in [4.78, 5) is 14.8. The number of carbonyl (C=O) groups is 1. The first kappa shape index (κ1) is 22.0. The number of aromatic nitrogens is 4. The van der Waals surface area contributed by atoms with Crippen LogP contribution in [0.25, 0.3) is 16.6 Å². The largest absolute Gasteiger partial charge is 0.303 e. The summed E-state index contributed by atoms with van der Waals surface area (Å²) in [5.74, 6) is -0.236. The van der Waals surface area contributed by atoms with Gasteiger partial charge in [0, 0.05) is 30.2 Å². The van der Waals surface area contributed by atoms with E-state index in [1.165, 1.54) is 24.1 Å². The second-order valence-corrected chi connectivity index (χ2v) is 8.26. The molecule has 9 heteroatoms. The van der Waals surface area contributed by atoms with Gasteiger partial charge in [-0.2, -0.15) is 10.2 Å². The lowest BCUT2D eigenvalue weighted by Gasteiger charge is -2.23. The zero-order chi connectivity index (χ0) is 22.8. The van der Waals surface area contributed by atoms with E-state index in [-0.39, 0.29) is 23.7 Å². The van der Waals surface area contributed by atoms with Crippen LogP contribution >= 0.6 is 11.9 Å². The molecule has 0 spiro atoms. The van der Waals surface area contributed by atoms with E-state index in [9.17, 15) is 9.18 Å². The standard InChI is InChI=1S/C22H20FN5O.CH5NS/c1-14-11-21(19-9-10-26(2)25-19)27(22(14)29)18-7-8-20-15(12-18)13-24-28(20)17-5-3-16(23)4-6-17;1-3-2/h3-10,12-14,21H,11H2,1-2H3;2H2,1H3/t14-,21-;/m0./s1. The monoisotopic (exact) mass is 452 g/mol. The number of aryl methyl sites for hydroxylation is 1. The lowest BCUT2D eigenvalue weighted by atomic mass is 10.1. The van der Waals surface area contributed by atoms with E-state index < -0.39 is 0 Å². The minimum Gasteiger partial charge on any atom is -0.303 e. The van der Waals surface area contributed by atoms with E-state index in [2.05, 4.69) is 10.2 Å². The number of amides is 1. The fraction of sp³-hybridized carbons (Fsp3) is 0.261. The van der Waals surface area contributed by atoms with Gasteiger partial charge in [0.05, 0.1) is 29.1 Å². The predicted molar refractivity (Wildman–Crippen MR) is 126 cm³/mol. The van der Waals surface area contributed by atoms with Gasteiger partial charge in [0.2, 0.25) is 5.91 Å². The van der Waals surface area contributed by atoms with E-state index in [1.807, 2.05) is 55.6 Å². The normalized spacial score (nSPS) is 18.2. The highest BCUT2D eigenvalue weighted by Gasteiger charge is 2.39. The van der Waals surface area contributed by atoms with E-state index in [1.54, 1.807) is 27.7 Å². The van der Waals surface area contributed by atoms with Crippen molar-refractivity contribution in [2.45, 2.75) is 19.4 Å². The Kier molecular flexibility index (Phi) is 6.29. The second kappa shape index (κ2) is 9.13. The molecule has 0 saturated carbocycles. The fourth-order valence-corrected chi connectivity index (χ4v) is 4.06. The van der Waals surface area contributed by atoms with Gasteiger partial charge in [0.15, 0.2) is 0 Å². The Morgan fingerprint density at radius 2 is 1.81 bits per heavy atom. The topological polar surface area (TPSA) is 82.0 Å². The third-order valence-corrected chi connectivity index (χ3v) is 5.52. The van der Waals surface area contributed by atoms with Crippen LogP contribution in [0.15, 0.2) is 60.9 Å². The number of carbonyl (C=O) groups excluding carboxylic acids is 1. The summed E-state index contributed by atoms with van der Waals surface area (Å²) in [6.07, 6.45) is 6.22. The van der Waals surface area contributed by atoms with E-state index in [4.69, 9.17) is 5.14 Å². The van der Waals surface area contributed by atoms with Crippen LogP contribution < -0.4 is 10.0 Å². The van der Waals surface area contributed by atoms with Crippen LogP contribution in [0.5, 0.6) is 0 Å². The molecule has 3 heterocycles. The molecule has 7 nitrogen and oxygen atoms in total. The van der Waals surface area contributed by atoms with Gasteiger partial charge in [-0.1, -0.05) is 18.9 Å². The minimum absolute atomic E-state index is 0.0559. The molecule has 2 N–H and O–H groups in total. The first-order valence-corrected chi connectivity index (χ1v) is 11.5. The molecule has 0 radical (unpaired) electrons. The van der Waals surface area contributed by atoms with E-state index >= 15 is 0 Å². The van der Waals surface area contributed by atoms with Crippen LogP contribution in [-0.4, -0.2) is 31.7 Å². The van der Waals surface area contributed by atoms with Gasteiger partial charge in [-0.15, -0.1) is 0 Å². The third-order valence-electron chi connectivity index (χ3n) is 5.52. The average Bonchev–Trinajstić information content (AvgIpc) is 3.47. The van der Waals surface area contributed by atoms with Crippen molar-refractivity contribution >= 4 is 34.4 Å². The minimum atomic E-state index is -0.283. The van der Waals surface area contributed by atoms with Gasteiger partial charge >= 0.3 is 0 Å². The second-order valence-electron chi connectivity index (χ2n) is 7.79. The first-order valence-electron chi connectivity index (χ1n) is 10.2. The van der Waals surface area contributed by atoms with Crippen molar-refractivity contribution in [3.8, 4) is 5.69 Å². The highest BCUT2D eigenvalue weighted by Crippen LogP contribution is 2.40. The maximum Gasteiger partial charge on any atom is 0.230 e. The van der Waals surface area contributed by atoms with Crippen molar-refractivity contribution in [3.05, 3.63) is 72.4 Å². The van der Waals surface area contributed by atoms with Gasteiger partial charge in [-0.25, -0.2) is 9.07 Å². The van der Waals surface area contributed by atoms with Crippen LogP contribution in [0.4, 0.5) is 10.1 Å². The molecule has 5 rings (SSSR count). The Labute approximate surface area is 190 Å². The number of rotatable bonds is 3. The molecule has 0 aliphatic carbocycles. The van der Waals surface area contributed by atoms with Crippen molar-refractivity contribution in [1.82, 2.24) is 19.6 Å². The van der Waals surface area contributed by atoms with Crippen molar-refractivity contribution in [2.75, 3.05) is 11.2 Å². The molecular formula is C23H25FN6OS. The van der Waals surface area contributed by atoms with E-state index in [0.29, 0.717) is 0 Å². The summed E-state index contributed by atoms with van der Waals surface area (Å²) in [7, 11) is 1.88. The van der Waals surface area contributed by atoms with Crippen molar-refractivity contribution in [3.63, 3.8) is 0 Å². The number of benzene rings is 2. The summed E-state index contributed by atoms with van der Waals surface area (Å²) < 4.78 is 16.8.